The van der Waals surface area contributed by atoms with E-state index in [0.717, 1.165) is 17.6 Å². The van der Waals surface area contributed by atoms with Crippen LogP contribution in [0, 0.1) is 5.82 Å². The van der Waals surface area contributed by atoms with Crippen molar-refractivity contribution in [1.29, 1.82) is 0 Å². The van der Waals surface area contributed by atoms with Crippen LogP contribution in [-0.4, -0.2) is 15.5 Å². The van der Waals surface area contributed by atoms with Crippen LogP contribution < -0.4 is 5.32 Å². The van der Waals surface area contributed by atoms with Crippen LogP contribution in [0.4, 0.5) is 10.1 Å². The molecular formula is C13H12BrClFN3OS. The molecule has 1 N–H and O–H groups in total. The van der Waals surface area contributed by atoms with Crippen molar-refractivity contribution in [3.8, 4) is 0 Å². The maximum absolute atomic E-state index is 13.2. The Morgan fingerprint density at radius 1 is 1.43 bits per heavy atom. The Morgan fingerprint density at radius 2 is 2.10 bits per heavy atom. The van der Waals surface area contributed by atoms with Gasteiger partial charge in [-0.15, -0.1) is 5.10 Å². The maximum atomic E-state index is 13.2. The Hall–Kier alpha value is -1.05. The number of anilines is 1. The van der Waals surface area contributed by atoms with Crippen molar-refractivity contribution in [2.24, 2.45) is 0 Å². The molecule has 1 heterocycles. The number of halogens is 3. The Labute approximate surface area is 139 Å². The summed E-state index contributed by atoms with van der Waals surface area (Å²) >= 11 is 10.2. The van der Waals surface area contributed by atoms with Crippen molar-refractivity contribution >= 4 is 50.7 Å². The van der Waals surface area contributed by atoms with Crippen LogP contribution in [0.15, 0.2) is 16.6 Å². The smallest absolute Gasteiger partial charge is 0.269 e. The van der Waals surface area contributed by atoms with Gasteiger partial charge in [0.2, 0.25) is 0 Å². The van der Waals surface area contributed by atoms with Crippen molar-refractivity contribution in [3.05, 3.63) is 38.0 Å². The molecule has 0 saturated heterocycles. The lowest BCUT2D eigenvalue weighted by atomic mass is 9.91. The monoisotopic (exact) mass is 391 g/mol. The molecule has 2 aromatic rings. The average Bonchev–Trinajstić information content (AvgIpc) is 2.82. The molecule has 112 valence electrons. The fraction of sp³-hybridized carbons (Fsp3) is 0.308. The van der Waals surface area contributed by atoms with Crippen LogP contribution in [0.5, 0.6) is 0 Å². The SMILES string of the molecule is CC(C)(C)c1nnsc1C(=O)Nc1c(Cl)cc(F)cc1Br. The van der Waals surface area contributed by atoms with Crippen LogP contribution >= 0.6 is 39.1 Å². The molecule has 0 spiro atoms. The lowest BCUT2D eigenvalue weighted by Crippen LogP contribution is -2.20. The Balaban J connectivity index is 2.34. The number of amides is 1. The molecule has 0 saturated carbocycles. The van der Waals surface area contributed by atoms with E-state index in [1.807, 2.05) is 20.8 Å². The molecule has 0 unspecified atom stereocenters. The maximum Gasteiger partial charge on any atom is 0.269 e. The van der Waals surface area contributed by atoms with Crippen LogP contribution in [0.1, 0.15) is 36.1 Å². The van der Waals surface area contributed by atoms with Gasteiger partial charge in [0.15, 0.2) is 0 Å². The standard InChI is InChI=1S/C13H12BrClFN3OS/c1-13(2,3)11-10(21-19-18-11)12(20)17-9-7(14)4-6(16)5-8(9)15/h4-5H,1-3H3,(H,17,20). The zero-order chi connectivity index (χ0) is 15.8. The molecule has 1 aromatic carbocycles. The fourth-order valence-electron chi connectivity index (χ4n) is 1.66. The second-order valence-electron chi connectivity index (χ2n) is 5.40. The third-order valence-corrected chi connectivity index (χ3v) is 4.30. The molecule has 8 heteroatoms. The molecule has 2 rings (SSSR count). The van der Waals surface area contributed by atoms with Crippen LogP contribution in [0.3, 0.4) is 0 Å². The van der Waals surface area contributed by atoms with Crippen molar-refractivity contribution in [2.75, 3.05) is 5.32 Å². The first kappa shape index (κ1) is 16.3. The highest BCUT2D eigenvalue weighted by Gasteiger charge is 2.27. The zero-order valence-electron chi connectivity index (χ0n) is 11.5. The van der Waals surface area contributed by atoms with Gasteiger partial charge in [0, 0.05) is 9.89 Å². The van der Waals surface area contributed by atoms with Gasteiger partial charge in [0.1, 0.15) is 10.7 Å². The number of nitrogens with zero attached hydrogens (tertiary/aromatic N) is 2. The minimum Gasteiger partial charge on any atom is -0.319 e. The molecule has 0 radical (unpaired) electrons. The van der Waals surface area contributed by atoms with Crippen molar-refractivity contribution < 1.29 is 9.18 Å². The molecule has 0 fully saturated rings. The predicted octanol–water partition coefficient (Wildman–Crippen LogP) is 4.64. The van der Waals surface area contributed by atoms with Gasteiger partial charge in [-0.05, 0) is 39.6 Å². The van der Waals surface area contributed by atoms with Gasteiger partial charge in [-0.1, -0.05) is 36.9 Å². The summed E-state index contributed by atoms with van der Waals surface area (Å²) in [6, 6.07) is 2.37. The summed E-state index contributed by atoms with van der Waals surface area (Å²) < 4.78 is 17.4. The van der Waals surface area contributed by atoms with Gasteiger partial charge >= 0.3 is 0 Å². The minimum atomic E-state index is -0.486. The lowest BCUT2D eigenvalue weighted by Gasteiger charge is -2.16. The Kier molecular flexibility index (Phi) is 4.65. The first-order valence-electron chi connectivity index (χ1n) is 5.99. The van der Waals surface area contributed by atoms with Crippen molar-refractivity contribution in [2.45, 2.75) is 26.2 Å². The summed E-state index contributed by atoms with van der Waals surface area (Å²) in [4.78, 5) is 12.8. The molecule has 0 aliphatic heterocycles. The molecule has 4 nitrogen and oxygen atoms in total. The number of carbonyl (C=O) groups is 1. The number of carbonyl (C=O) groups excluding carboxylic acids is 1. The van der Waals surface area contributed by atoms with E-state index in [4.69, 9.17) is 11.6 Å². The van der Waals surface area contributed by atoms with Crippen LogP contribution in [0.25, 0.3) is 0 Å². The molecule has 21 heavy (non-hydrogen) atoms. The highest BCUT2D eigenvalue weighted by Crippen LogP contribution is 2.33. The Bertz CT molecular complexity index is 676. The number of benzene rings is 1. The summed E-state index contributed by atoms with van der Waals surface area (Å²) in [7, 11) is 0. The van der Waals surface area contributed by atoms with E-state index in [0.29, 0.717) is 20.7 Å². The van der Waals surface area contributed by atoms with Crippen LogP contribution in [0.2, 0.25) is 5.02 Å². The van der Waals surface area contributed by atoms with Gasteiger partial charge in [-0.2, -0.15) is 0 Å². The number of rotatable bonds is 2. The predicted molar refractivity (Wildman–Crippen MR) is 85.7 cm³/mol. The molecule has 0 bridgehead atoms. The Morgan fingerprint density at radius 3 is 2.67 bits per heavy atom. The van der Waals surface area contributed by atoms with E-state index < -0.39 is 5.82 Å². The quantitative estimate of drug-likeness (QED) is 0.810. The molecule has 1 amide bonds. The summed E-state index contributed by atoms with van der Waals surface area (Å²) in [6.07, 6.45) is 0. The number of aromatic nitrogens is 2. The molecule has 0 atom stereocenters. The third kappa shape index (κ3) is 3.59. The van der Waals surface area contributed by atoms with E-state index in [9.17, 15) is 9.18 Å². The topological polar surface area (TPSA) is 54.9 Å². The number of hydrogen-bond donors (Lipinski definition) is 1. The third-order valence-electron chi connectivity index (χ3n) is 2.65. The van der Waals surface area contributed by atoms with Crippen LogP contribution in [-0.2, 0) is 5.41 Å². The van der Waals surface area contributed by atoms with Gasteiger partial charge in [-0.3, -0.25) is 4.79 Å². The van der Waals surface area contributed by atoms with E-state index in [2.05, 4.69) is 30.8 Å². The zero-order valence-corrected chi connectivity index (χ0v) is 14.7. The molecule has 1 aromatic heterocycles. The largest absolute Gasteiger partial charge is 0.319 e. The minimum absolute atomic E-state index is 0.116. The summed E-state index contributed by atoms with van der Waals surface area (Å²) in [5.41, 5.74) is 0.624. The summed E-state index contributed by atoms with van der Waals surface area (Å²) in [5, 5.41) is 6.79. The molecular weight excluding hydrogens is 381 g/mol. The number of hydrogen-bond acceptors (Lipinski definition) is 4. The lowest BCUT2D eigenvalue weighted by molar-refractivity contribution is 0.102. The van der Waals surface area contributed by atoms with E-state index in [1.54, 1.807) is 0 Å². The second kappa shape index (κ2) is 5.98. The fourth-order valence-corrected chi connectivity index (χ4v) is 3.33. The first-order valence-corrected chi connectivity index (χ1v) is 7.93. The van der Waals surface area contributed by atoms with E-state index in [1.165, 1.54) is 6.07 Å². The number of nitrogens with one attached hydrogen (secondary N) is 1. The normalized spacial score (nSPS) is 11.5. The average molecular weight is 393 g/mol. The molecule has 0 aliphatic carbocycles. The summed E-state index contributed by atoms with van der Waals surface area (Å²) in [6.45, 7) is 5.84. The van der Waals surface area contributed by atoms with E-state index in [-0.39, 0.29) is 16.3 Å². The van der Waals surface area contributed by atoms with Crippen molar-refractivity contribution in [1.82, 2.24) is 9.59 Å². The van der Waals surface area contributed by atoms with Gasteiger partial charge in [0.25, 0.3) is 5.91 Å². The summed E-state index contributed by atoms with van der Waals surface area (Å²) in [5.74, 6) is -0.858. The van der Waals surface area contributed by atoms with Gasteiger partial charge < -0.3 is 5.32 Å². The highest BCUT2D eigenvalue weighted by molar-refractivity contribution is 9.10. The van der Waals surface area contributed by atoms with E-state index >= 15 is 0 Å². The van der Waals surface area contributed by atoms with Crippen molar-refractivity contribution in [3.63, 3.8) is 0 Å². The first-order chi connectivity index (χ1) is 9.70. The second-order valence-corrected chi connectivity index (χ2v) is 7.41. The highest BCUT2D eigenvalue weighted by atomic mass is 79.9. The van der Waals surface area contributed by atoms with Gasteiger partial charge in [-0.25, -0.2) is 4.39 Å². The molecule has 0 aliphatic rings. The van der Waals surface area contributed by atoms with Gasteiger partial charge in [0.05, 0.1) is 16.4 Å².